The van der Waals surface area contributed by atoms with Gasteiger partial charge in [-0.05, 0) is 77.7 Å². The third-order valence-corrected chi connectivity index (χ3v) is 7.61. The van der Waals surface area contributed by atoms with Crippen molar-refractivity contribution in [2.45, 2.75) is 20.8 Å². The molecule has 0 unspecified atom stereocenters. The maximum Gasteiger partial charge on any atom is 0.0541 e. The molecule has 0 spiro atoms. The van der Waals surface area contributed by atoms with Crippen LogP contribution in [0.2, 0.25) is 0 Å². The molecule has 5 aromatic carbocycles. The molecule has 0 radical (unpaired) electrons. The molecule has 0 amide bonds. The summed E-state index contributed by atoms with van der Waals surface area (Å²) in [5.41, 5.74) is 9.74. The second-order valence-corrected chi connectivity index (χ2v) is 10.1. The molecule has 0 aliphatic carbocycles. The smallest absolute Gasteiger partial charge is 0.0541 e. The van der Waals surface area contributed by atoms with Crippen LogP contribution in [0.1, 0.15) is 30.5 Å². The Morgan fingerprint density at radius 1 is 0.600 bits per heavy atom. The van der Waals surface area contributed by atoms with Crippen molar-refractivity contribution in [2.75, 3.05) is 0 Å². The first-order valence-electron chi connectivity index (χ1n) is 13.9. The monoisotopic (exact) mass is 515 g/mol. The zero-order valence-electron chi connectivity index (χ0n) is 23.3. The lowest BCUT2D eigenvalue weighted by Crippen LogP contribution is -2.27. The van der Waals surface area contributed by atoms with Gasteiger partial charge in [0, 0.05) is 16.5 Å². The molecule has 1 aromatic heterocycles. The van der Waals surface area contributed by atoms with E-state index in [1.807, 2.05) is 0 Å². The summed E-state index contributed by atoms with van der Waals surface area (Å²) < 4.78 is 2.37. The Morgan fingerprint density at radius 3 is 1.80 bits per heavy atom. The molecular formula is C39H33N. The van der Waals surface area contributed by atoms with Gasteiger partial charge in [-0.25, -0.2) is 0 Å². The van der Waals surface area contributed by atoms with E-state index >= 15 is 0 Å². The SMILES string of the molecule is C/C=C/C=c1/cccc/c1=C(/C(=C/C)c1ccc(-n2c3ccccc3c3ccccc32)cc1)c1ccc(C)cc1. The first-order valence-corrected chi connectivity index (χ1v) is 13.9. The van der Waals surface area contributed by atoms with Crippen molar-refractivity contribution in [3.63, 3.8) is 0 Å². The number of hydrogen-bond donors (Lipinski definition) is 0. The minimum absolute atomic E-state index is 1.16. The average molecular weight is 516 g/mol. The molecular weight excluding hydrogens is 482 g/mol. The third kappa shape index (κ3) is 4.61. The zero-order valence-corrected chi connectivity index (χ0v) is 23.3. The van der Waals surface area contributed by atoms with Crippen molar-refractivity contribution < 1.29 is 0 Å². The van der Waals surface area contributed by atoms with Gasteiger partial charge < -0.3 is 4.57 Å². The predicted molar refractivity (Wildman–Crippen MR) is 173 cm³/mol. The van der Waals surface area contributed by atoms with Crippen LogP contribution in [0.5, 0.6) is 0 Å². The van der Waals surface area contributed by atoms with Gasteiger partial charge in [0.05, 0.1) is 11.0 Å². The van der Waals surface area contributed by atoms with Crippen molar-refractivity contribution in [1.82, 2.24) is 4.57 Å². The van der Waals surface area contributed by atoms with Crippen molar-refractivity contribution in [2.24, 2.45) is 0 Å². The number of fused-ring (bicyclic) bond motifs is 3. The number of rotatable bonds is 5. The number of para-hydroxylation sites is 2. The molecule has 40 heavy (non-hydrogen) atoms. The van der Waals surface area contributed by atoms with E-state index in [4.69, 9.17) is 0 Å². The molecule has 0 N–H and O–H groups in total. The molecule has 6 aromatic rings. The Morgan fingerprint density at radius 2 is 1.18 bits per heavy atom. The minimum atomic E-state index is 1.16. The van der Waals surface area contributed by atoms with Gasteiger partial charge in [-0.2, -0.15) is 0 Å². The fraction of sp³-hybridized carbons (Fsp3) is 0.0769. The summed E-state index contributed by atoms with van der Waals surface area (Å²) in [6.07, 6.45) is 8.63. The quantitative estimate of drug-likeness (QED) is 0.216. The van der Waals surface area contributed by atoms with Gasteiger partial charge in [-0.1, -0.05) is 127 Å². The topological polar surface area (TPSA) is 4.93 Å². The van der Waals surface area contributed by atoms with Crippen LogP contribution in [0.3, 0.4) is 0 Å². The summed E-state index contributed by atoms with van der Waals surface area (Å²) in [4.78, 5) is 0. The molecule has 194 valence electrons. The lowest BCUT2D eigenvalue weighted by atomic mass is 9.89. The highest BCUT2D eigenvalue weighted by Gasteiger charge is 2.14. The number of aromatic nitrogens is 1. The van der Waals surface area contributed by atoms with Gasteiger partial charge >= 0.3 is 0 Å². The van der Waals surface area contributed by atoms with Gasteiger partial charge in [-0.15, -0.1) is 0 Å². The van der Waals surface area contributed by atoms with Crippen LogP contribution in [0.4, 0.5) is 0 Å². The van der Waals surface area contributed by atoms with Crippen LogP contribution in [-0.2, 0) is 0 Å². The van der Waals surface area contributed by atoms with Crippen LogP contribution >= 0.6 is 0 Å². The van der Waals surface area contributed by atoms with Gasteiger partial charge in [0.15, 0.2) is 0 Å². The van der Waals surface area contributed by atoms with Crippen LogP contribution < -0.4 is 10.4 Å². The van der Waals surface area contributed by atoms with E-state index in [9.17, 15) is 0 Å². The van der Waals surface area contributed by atoms with Gasteiger partial charge in [0.2, 0.25) is 0 Å². The van der Waals surface area contributed by atoms with E-state index in [2.05, 4.69) is 171 Å². The zero-order chi connectivity index (χ0) is 27.5. The largest absolute Gasteiger partial charge is 0.309 e. The lowest BCUT2D eigenvalue weighted by molar-refractivity contribution is 1.18. The third-order valence-electron chi connectivity index (χ3n) is 7.61. The summed E-state index contributed by atoms with van der Waals surface area (Å²) in [5, 5.41) is 4.99. The van der Waals surface area contributed by atoms with Gasteiger partial charge in [0.25, 0.3) is 0 Å². The molecule has 0 saturated carbocycles. The molecule has 1 nitrogen and oxygen atoms in total. The summed E-state index contributed by atoms with van der Waals surface area (Å²) in [7, 11) is 0. The normalized spacial score (nSPS) is 13.5. The molecule has 0 fully saturated rings. The Labute approximate surface area is 236 Å². The highest BCUT2D eigenvalue weighted by Crippen LogP contribution is 2.34. The maximum atomic E-state index is 2.37. The Bertz CT molecular complexity index is 1940. The first-order chi connectivity index (χ1) is 19.7. The fourth-order valence-corrected chi connectivity index (χ4v) is 5.69. The van der Waals surface area contributed by atoms with Crippen LogP contribution in [0.25, 0.3) is 44.7 Å². The summed E-state index contributed by atoms with van der Waals surface area (Å²) in [6, 6.07) is 43.9. The van der Waals surface area contributed by atoms with Crippen LogP contribution in [0.15, 0.2) is 140 Å². The minimum Gasteiger partial charge on any atom is -0.309 e. The number of aryl methyl sites for hydroxylation is 1. The molecule has 0 saturated heterocycles. The van der Waals surface area contributed by atoms with Crippen molar-refractivity contribution >= 4 is 39.0 Å². The molecule has 1 heteroatoms. The van der Waals surface area contributed by atoms with E-state index < -0.39 is 0 Å². The highest BCUT2D eigenvalue weighted by molar-refractivity contribution is 6.09. The maximum absolute atomic E-state index is 2.37. The van der Waals surface area contributed by atoms with E-state index in [0.29, 0.717) is 0 Å². The molecule has 0 atom stereocenters. The lowest BCUT2D eigenvalue weighted by Gasteiger charge is -2.16. The number of nitrogens with zero attached hydrogens (tertiary/aromatic N) is 1. The van der Waals surface area contributed by atoms with E-state index in [1.165, 1.54) is 60.1 Å². The van der Waals surface area contributed by atoms with E-state index in [-0.39, 0.29) is 0 Å². The Hall–Kier alpha value is -4.88. The van der Waals surface area contributed by atoms with E-state index in [1.54, 1.807) is 0 Å². The fourth-order valence-electron chi connectivity index (χ4n) is 5.69. The summed E-state index contributed by atoms with van der Waals surface area (Å²) in [6.45, 7) is 6.34. The van der Waals surface area contributed by atoms with Crippen molar-refractivity contribution in [3.05, 3.63) is 167 Å². The molecule has 1 heterocycles. The average Bonchev–Trinajstić information content (AvgIpc) is 3.34. The van der Waals surface area contributed by atoms with Crippen molar-refractivity contribution in [1.29, 1.82) is 0 Å². The van der Waals surface area contributed by atoms with Crippen LogP contribution in [0, 0.1) is 6.92 Å². The predicted octanol–water partition coefficient (Wildman–Crippen LogP) is 8.75. The Kier molecular flexibility index (Phi) is 7.04. The highest BCUT2D eigenvalue weighted by atomic mass is 15.0. The molecule has 0 aliphatic rings. The van der Waals surface area contributed by atoms with E-state index in [0.717, 1.165) is 5.69 Å². The Balaban J connectivity index is 1.55. The number of allylic oxidation sites excluding steroid dienone is 4. The molecule has 6 rings (SSSR count). The standard InChI is InChI=1S/C39H33N/c1-4-6-13-29-14-7-8-15-34(29)39(31-22-20-28(3)21-23-31)33(5-2)30-24-26-32(27-25-30)40-37-18-11-9-16-35(37)36-17-10-12-19-38(36)40/h4-27H,1-3H3/b6-4+,29-13-,33-5+,39-34-. The number of hydrogen-bond acceptors (Lipinski definition) is 0. The second kappa shape index (κ2) is 11.1. The second-order valence-electron chi connectivity index (χ2n) is 10.1. The summed E-state index contributed by atoms with van der Waals surface area (Å²) in [5.74, 6) is 0. The molecule has 0 aliphatic heterocycles. The summed E-state index contributed by atoms with van der Waals surface area (Å²) >= 11 is 0. The van der Waals surface area contributed by atoms with Gasteiger partial charge in [0.1, 0.15) is 0 Å². The first kappa shape index (κ1) is 25.4. The van der Waals surface area contributed by atoms with Crippen molar-refractivity contribution in [3.8, 4) is 5.69 Å². The van der Waals surface area contributed by atoms with Gasteiger partial charge in [-0.3, -0.25) is 0 Å². The van der Waals surface area contributed by atoms with Crippen LogP contribution in [-0.4, -0.2) is 4.57 Å². The molecule has 0 bridgehead atoms. The number of benzene rings is 5.